The van der Waals surface area contributed by atoms with Crippen molar-refractivity contribution in [3.05, 3.63) is 0 Å². The Balaban J connectivity index is 0. The average Bonchev–Trinajstić information content (AvgIpc) is 2.29. The third-order valence-electron chi connectivity index (χ3n) is 2.80. The predicted molar refractivity (Wildman–Crippen MR) is 106 cm³/mol. The molecular weight excluding hydrogens is 391 g/mol. The molecule has 0 fully saturated rings. The topological polar surface area (TPSA) is 65.5 Å². The second kappa shape index (κ2) is 11.1. The van der Waals surface area contributed by atoms with Crippen LogP contribution in [0.3, 0.4) is 0 Å². The normalized spacial score (nSPS) is 12.4. The zero-order valence-corrected chi connectivity index (χ0v) is 17.6. The van der Waals surface area contributed by atoms with E-state index in [0.29, 0.717) is 11.4 Å². The molecule has 0 unspecified atom stereocenters. The number of hydrogen-bond acceptors (Lipinski definition) is 2. The molecular formula is C16H35IN4O. The molecule has 132 valence electrons. The largest absolute Gasteiger partial charge is 0.356 e. The summed E-state index contributed by atoms with van der Waals surface area (Å²) < 4.78 is 0. The highest BCUT2D eigenvalue weighted by molar-refractivity contribution is 14.0. The Kier molecular flexibility index (Phi) is 11.9. The molecule has 0 spiro atoms. The minimum absolute atomic E-state index is 0. The van der Waals surface area contributed by atoms with E-state index < -0.39 is 0 Å². The van der Waals surface area contributed by atoms with Gasteiger partial charge in [-0.1, -0.05) is 27.2 Å². The number of hydrogen-bond donors (Lipinski definition) is 3. The van der Waals surface area contributed by atoms with Gasteiger partial charge < -0.3 is 16.0 Å². The van der Waals surface area contributed by atoms with E-state index in [9.17, 15) is 4.79 Å². The molecule has 0 saturated heterocycles. The van der Waals surface area contributed by atoms with Crippen molar-refractivity contribution in [1.29, 1.82) is 0 Å². The Morgan fingerprint density at radius 2 is 1.59 bits per heavy atom. The van der Waals surface area contributed by atoms with Crippen molar-refractivity contribution < 1.29 is 4.79 Å². The summed E-state index contributed by atoms with van der Waals surface area (Å²) in [4.78, 5) is 15.8. The van der Waals surface area contributed by atoms with Gasteiger partial charge in [-0.3, -0.25) is 9.79 Å². The predicted octanol–water partition coefficient (Wildman–Crippen LogP) is 2.90. The fourth-order valence-electron chi connectivity index (χ4n) is 1.83. The van der Waals surface area contributed by atoms with Crippen LogP contribution in [0.5, 0.6) is 0 Å². The van der Waals surface area contributed by atoms with Crippen LogP contribution in [0.2, 0.25) is 0 Å². The molecule has 0 aromatic rings. The monoisotopic (exact) mass is 426 g/mol. The highest BCUT2D eigenvalue weighted by Crippen LogP contribution is 2.21. The van der Waals surface area contributed by atoms with E-state index in [1.165, 1.54) is 12.8 Å². The van der Waals surface area contributed by atoms with Crippen molar-refractivity contribution in [2.45, 2.75) is 66.3 Å². The van der Waals surface area contributed by atoms with Crippen LogP contribution in [0.15, 0.2) is 4.99 Å². The molecule has 6 heteroatoms. The van der Waals surface area contributed by atoms with Gasteiger partial charge >= 0.3 is 0 Å². The zero-order chi connectivity index (χ0) is 16.5. The average molecular weight is 426 g/mol. The van der Waals surface area contributed by atoms with Crippen LogP contribution in [0.1, 0.15) is 60.8 Å². The molecule has 3 N–H and O–H groups in total. The minimum Gasteiger partial charge on any atom is -0.356 e. The summed E-state index contributed by atoms with van der Waals surface area (Å²) in [5.41, 5.74) is 0.188. The van der Waals surface area contributed by atoms with Gasteiger partial charge in [0, 0.05) is 19.1 Å². The number of nitrogens with zero attached hydrogens (tertiary/aromatic N) is 1. The smallest absolute Gasteiger partial charge is 0.239 e. The first-order valence-electron chi connectivity index (χ1n) is 7.79. The number of halogens is 1. The molecule has 0 aliphatic carbocycles. The summed E-state index contributed by atoms with van der Waals surface area (Å²) >= 11 is 0. The van der Waals surface area contributed by atoms with Gasteiger partial charge in [-0.25, -0.2) is 0 Å². The number of carbonyl (C=O) groups is 1. The SMILES string of the molecule is CN=C(NCCCCC(C)(C)C)NCC(=O)NC(C)(C)C.I. The summed E-state index contributed by atoms with van der Waals surface area (Å²) in [6.45, 7) is 13.8. The molecule has 0 rings (SSSR count). The van der Waals surface area contributed by atoms with Gasteiger partial charge in [-0.2, -0.15) is 0 Å². The van der Waals surface area contributed by atoms with Crippen LogP contribution < -0.4 is 16.0 Å². The van der Waals surface area contributed by atoms with Crippen LogP contribution in [0.25, 0.3) is 0 Å². The zero-order valence-electron chi connectivity index (χ0n) is 15.3. The van der Waals surface area contributed by atoms with Crippen molar-refractivity contribution in [1.82, 2.24) is 16.0 Å². The van der Waals surface area contributed by atoms with Crippen LogP contribution in [-0.4, -0.2) is 37.5 Å². The Morgan fingerprint density at radius 1 is 1.00 bits per heavy atom. The number of amides is 1. The van der Waals surface area contributed by atoms with E-state index in [-0.39, 0.29) is 42.0 Å². The number of nitrogens with one attached hydrogen (secondary N) is 3. The van der Waals surface area contributed by atoms with Gasteiger partial charge in [0.25, 0.3) is 0 Å². The summed E-state index contributed by atoms with van der Waals surface area (Å²) in [5, 5.41) is 9.17. The first kappa shape index (κ1) is 23.7. The number of unbranched alkanes of at least 4 members (excludes halogenated alkanes) is 1. The fraction of sp³-hybridized carbons (Fsp3) is 0.875. The number of aliphatic imine (C=N–C) groups is 1. The standard InChI is InChI=1S/C16H34N4O.HI/c1-15(2,3)10-8-9-11-18-14(17-7)19-12-13(21)20-16(4,5)6;/h8-12H2,1-7H3,(H,20,21)(H2,17,18,19);1H. The van der Waals surface area contributed by atoms with E-state index in [2.05, 4.69) is 41.7 Å². The lowest BCUT2D eigenvalue weighted by molar-refractivity contribution is -0.121. The van der Waals surface area contributed by atoms with Crippen LogP contribution in [0, 0.1) is 5.41 Å². The Morgan fingerprint density at radius 3 is 2.05 bits per heavy atom. The van der Waals surface area contributed by atoms with Crippen LogP contribution in [0.4, 0.5) is 0 Å². The van der Waals surface area contributed by atoms with E-state index in [1.54, 1.807) is 7.05 Å². The van der Waals surface area contributed by atoms with Gasteiger partial charge in [0.2, 0.25) is 5.91 Å². The highest BCUT2D eigenvalue weighted by Gasteiger charge is 2.13. The number of rotatable bonds is 6. The third kappa shape index (κ3) is 15.9. The molecule has 0 bridgehead atoms. The highest BCUT2D eigenvalue weighted by atomic mass is 127. The van der Waals surface area contributed by atoms with Crippen molar-refractivity contribution >= 4 is 35.8 Å². The second-order valence-electron chi connectivity index (χ2n) is 7.67. The fourth-order valence-corrected chi connectivity index (χ4v) is 1.83. The maximum Gasteiger partial charge on any atom is 0.239 e. The lowest BCUT2D eigenvalue weighted by Crippen LogP contribution is -2.48. The molecule has 0 aromatic heterocycles. The van der Waals surface area contributed by atoms with E-state index in [1.807, 2.05) is 20.8 Å². The summed E-state index contributed by atoms with van der Waals surface area (Å²) in [7, 11) is 1.71. The quantitative estimate of drug-likeness (QED) is 0.265. The maximum absolute atomic E-state index is 11.7. The second-order valence-corrected chi connectivity index (χ2v) is 7.67. The lowest BCUT2D eigenvalue weighted by Gasteiger charge is -2.21. The first-order valence-corrected chi connectivity index (χ1v) is 7.79. The Bertz CT molecular complexity index is 343. The van der Waals surface area contributed by atoms with E-state index in [4.69, 9.17) is 0 Å². The first-order chi connectivity index (χ1) is 9.53. The summed E-state index contributed by atoms with van der Waals surface area (Å²) in [5.74, 6) is 0.646. The van der Waals surface area contributed by atoms with Gasteiger partial charge in [0.1, 0.15) is 0 Å². The van der Waals surface area contributed by atoms with Crippen LogP contribution >= 0.6 is 24.0 Å². The third-order valence-corrected chi connectivity index (χ3v) is 2.80. The van der Waals surface area contributed by atoms with Crippen molar-refractivity contribution in [3.8, 4) is 0 Å². The number of carbonyl (C=O) groups excluding carboxylic acids is 1. The van der Waals surface area contributed by atoms with Crippen LogP contribution in [-0.2, 0) is 4.79 Å². The Hall–Kier alpha value is -0.530. The lowest BCUT2D eigenvalue weighted by atomic mass is 9.90. The molecule has 0 aliphatic heterocycles. The molecule has 0 radical (unpaired) electrons. The molecule has 0 aliphatic rings. The van der Waals surface area contributed by atoms with Crippen molar-refractivity contribution in [3.63, 3.8) is 0 Å². The number of guanidine groups is 1. The van der Waals surface area contributed by atoms with Gasteiger partial charge in [-0.05, 0) is 39.0 Å². The van der Waals surface area contributed by atoms with Gasteiger partial charge in [0.05, 0.1) is 6.54 Å². The van der Waals surface area contributed by atoms with Crippen molar-refractivity contribution in [2.75, 3.05) is 20.1 Å². The molecule has 0 atom stereocenters. The molecule has 1 amide bonds. The molecule has 0 saturated carbocycles. The minimum atomic E-state index is -0.206. The summed E-state index contributed by atoms with van der Waals surface area (Å²) in [6.07, 6.45) is 3.51. The molecule has 0 aromatic carbocycles. The van der Waals surface area contributed by atoms with E-state index in [0.717, 1.165) is 13.0 Å². The maximum atomic E-state index is 11.7. The van der Waals surface area contributed by atoms with E-state index >= 15 is 0 Å². The van der Waals surface area contributed by atoms with Gasteiger partial charge in [0.15, 0.2) is 5.96 Å². The molecule has 22 heavy (non-hydrogen) atoms. The Labute approximate surface area is 153 Å². The molecule has 0 heterocycles. The van der Waals surface area contributed by atoms with Gasteiger partial charge in [-0.15, -0.1) is 24.0 Å². The molecule has 5 nitrogen and oxygen atoms in total. The summed E-state index contributed by atoms with van der Waals surface area (Å²) in [6, 6.07) is 0. The van der Waals surface area contributed by atoms with Crippen molar-refractivity contribution in [2.24, 2.45) is 10.4 Å².